The minimum Gasteiger partial charge on any atom is -0.373 e. The van der Waals surface area contributed by atoms with Gasteiger partial charge in [0, 0.05) is 25.6 Å². The lowest BCUT2D eigenvalue weighted by molar-refractivity contribution is -0.124. The molecule has 5 nitrogen and oxygen atoms in total. The van der Waals surface area contributed by atoms with Gasteiger partial charge in [0.25, 0.3) is 0 Å². The normalized spacial score (nSPS) is 29.9. The van der Waals surface area contributed by atoms with Crippen molar-refractivity contribution in [2.45, 2.75) is 45.4 Å². The third-order valence-electron chi connectivity index (χ3n) is 2.71. The predicted octanol–water partition coefficient (Wildman–Crippen LogP) is -0.136. The Hall–Kier alpha value is -0.650. The van der Waals surface area contributed by atoms with Crippen LogP contribution in [0.15, 0.2) is 0 Å². The predicted molar refractivity (Wildman–Crippen MR) is 58.0 cm³/mol. The molecule has 15 heavy (non-hydrogen) atoms. The first-order valence-corrected chi connectivity index (χ1v) is 5.42. The maximum Gasteiger partial charge on any atom is 0.235 e. The minimum absolute atomic E-state index is 0.116. The highest BCUT2D eigenvalue weighted by Crippen LogP contribution is 2.14. The van der Waals surface area contributed by atoms with Crippen molar-refractivity contribution in [1.82, 2.24) is 10.3 Å². The SMILES string of the molecule is CC(CC(=O)NN)N1C[C@@H](C)O[C@@H](C)C1. The number of nitrogens with zero attached hydrogens (tertiary/aromatic N) is 1. The van der Waals surface area contributed by atoms with Gasteiger partial charge >= 0.3 is 0 Å². The van der Waals surface area contributed by atoms with Crippen molar-refractivity contribution in [3.05, 3.63) is 0 Å². The van der Waals surface area contributed by atoms with Crippen molar-refractivity contribution in [1.29, 1.82) is 0 Å². The average molecular weight is 215 g/mol. The van der Waals surface area contributed by atoms with Crippen LogP contribution in [0.1, 0.15) is 27.2 Å². The number of hydrazine groups is 1. The molecule has 1 saturated heterocycles. The van der Waals surface area contributed by atoms with Crippen LogP contribution in [0, 0.1) is 0 Å². The van der Waals surface area contributed by atoms with E-state index in [9.17, 15) is 4.79 Å². The van der Waals surface area contributed by atoms with Gasteiger partial charge in [-0.1, -0.05) is 0 Å². The van der Waals surface area contributed by atoms with Gasteiger partial charge in [0.15, 0.2) is 0 Å². The number of hydrogen-bond acceptors (Lipinski definition) is 4. The van der Waals surface area contributed by atoms with Gasteiger partial charge in [0.1, 0.15) is 0 Å². The Morgan fingerprint density at radius 3 is 2.53 bits per heavy atom. The summed E-state index contributed by atoms with van der Waals surface area (Å²) in [6.07, 6.45) is 0.907. The van der Waals surface area contributed by atoms with Gasteiger partial charge in [0.05, 0.1) is 12.2 Å². The summed E-state index contributed by atoms with van der Waals surface area (Å²) in [6.45, 7) is 7.91. The van der Waals surface area contributed by atoms with Crippen molar-refractivity contribution in [3.8, 4) is 0 Å². The van der Waals surface area contributed by atoms with E-state index < -0.39 is 0 Å². The second-order valence-corrected chi connectivity index (χ2v) is 4.33. The van der Waals surface area contributed by atoms with Crippen LogP contribution in [0.4, 0.5) is 0 Å². The van der Waals surface area contributed by atoms with Gasteiger partial charge in [-0.15, -0.1) is 0 Å². The fraction of sp³-hybridized carbons (Fsp3) is 0.900. The van der Waals surface area contributed by atoms with Crippen molar-refractivity contribution < 1.29 is 9.53 Å². The number of carbonyl (C=O) groups is 1. The molecule has 1 amide bonds. The van der Waals surface area contributed by atoms with Gasteiger partial charge in [-0.3, -0.25) is 15.1 Å². The molecule has 0 aliphatic carbocycles. The number of amides is 1. The molecule has 1 aliphatic rings. The van der Waals surface area contributed by atoms with Gasteiger partial charge in [-0.25, -0.2) is 5.84 Å². The summed E-state index contributed by atoms with van der Waals surface area (Å²) in [4.78, 5) is 13.4. The summed E-state index contributed by atoms with van der Waals surface area (Å²) in [5, 5.41) is 0. The zero-order valence-electron chi connectivity index (χ0n) is 9.69. The lowest BCUT2D eigenvalue weighted by atomic mass is 10.1. The molecule has 0 radical (unpaired) electrons. The first-order valence-electron chi connectivity index (χ1n) is 5.42. The number of hydrogen-bond donors (Lipinski definition) is 2. The molecule has 0 aromatic carbocycles. The third kappa shape index (κ3) is 3.77. The summed E-state index contributed by atoms with van der Waals surface area (Å²) in [5.41, 5.74) is 2.16. The van der Waals surface area contributed by atoms with E-state index >= 15 is 0 Å². The molecule has 88 valence electrons. The Morgan fingerprint density at radius 1 is 1.53 bits per heavy atom. The first-order chi connectivity index (χ1) is 7.02. The van der Waals surface area contributed by atoms with Crippen molar-refractivity contribution in [3.63, 3.8) is 0 Å². The molecule has 3 atom stereocenters. The zero-order chi connectivity index (χ0) is 11.4. The van der Waals surface area contributed by atoms with E-state index in [1.165, 1.54) is 0 Å². The molecule has 1 heterocycles. The highest BCUT2D eigenvalue weighted by molar-refractivity contribution is 5.75. The summed E-state index contributed by atoms with van der Waals surface area (Å²) in [5.74, 6) is 4.95. The number of morpholine rings is 1. The van der Waals surface area contributed by atoms with Crippen molar-refractivity contribution in [2.24, 2.45) is 5.84 Å². The van der Waals surface area contributed by atoms with Crippen LogP contribution in [-0.4, -0.2) is 42.1 Å². The maximum absolute atomic E-state index is 11.1. The molecule has 1 aliphatic heterocycles. The number of ether oxygens (including phenoxy) is 1. The molecule has 0 spiro atoms. The molecule has 0 aromatic heterocycles. The van der Waals surface area contributed by atoms with E-state index in [1.807, 2.05) is 6.92 Å². The lowest BCUT2D eigenvalue weighted by Crippen LogP contribution is -2.50. The number of nitrogens with one attached hydrogen (secondary N) is 1. The van der Waals surface area contributed by atoms with E-state index in [4.69, 9.17) is 10.6 Å². The van der Waals surface area contributed by atoms with Crippen LogP contribution in [0.3, 0.4) is 0 Å². The van der Waals surface area contributed by atoms with Gasteiger partial charge in [-0.05, 0) is 20.8 Å². The maximum atomic E-state index is 11.1. The second-order valence-electron chi connectivity index (χ2n) is 4.33. The molecule has 0 aromatic rings. The average Bonchev–Trinajstić information content (AvgIpc) is 2.16. The molecule has 5 heteroatoms. The summed E-state index contributed by atoms with van der Waals surface area (Å²) >= 11 is 0. The molecule has 0 bridgehead atoms. The van der Waals surface area contributed by atoms with E-state index in [1.54, 1.807) is 0 Å². The Bertz CT molecular complexity index is 213. The minimum atomic E-state index is -0.116. The Morgan fingerprint density at radius 2 is 2.07 bits per heavy atom. The standard InChI is InChI=1S/C10H21N3O2/c1-7(4-10(14)12-11)13-5-8(2)15-9(3)6-13/h7-9H,4-6,11H2,1-3H3,(H,12,14)/t7?,8-,9+. The number of rotatable bonds is 3. The fourth-order valence-electron chi connectivity index (χ4n) is 2.03. The first kappa shape index (κ1) is 12.4. The smallest absolute Gasteiger partial charge is 0.235 e. The number of nitrogens with two attached hydrogens (primary N) is 1. The highest BCUT2D eigenvalue weighted by atomic mass is 16.5. The lowest BCUT2D eigenvalue weighted by Gasteiger charge is -2.38. The van der Waals surface area contributed by atoms with Crippen LogP contribution in [0.2, 0.25) is 0 Å². The van der Waals surface area contributed by atoms with Gasteiger partial charge < -0.3 is 4.74 Å². The summed E-state index contributed by atoms with van der Waals surface area (Å²) < 4.78 is 5.63. The summed E-state index contributed by atoms with van der Waals surface area (Å²) in [7, 11) is 0. The molecular weight excluding hydrogens is 194 g/mol. The largest absolute Gasteiger partial charge is 0.373 e. The van der Waals surface area contributed by atoms with Crippen molar-refractivity contribution >= 4 is 5.91 Å². The molecule has 1 rings (SSSR count). The van der Waals surface area contributed by atoms with Crippen LogP contribution >= 0.6 is 0 Å². The molecule has 0 saturated carbocycles. The Kier molecular flexibility index (Phi) is 4.50. The fourth-order valence-corrected chi connectivity index (χ4v) is 2.03. The Labute approximate surface area is 90.9 Å². The molecule has 1 fully saturated rings. The molecular formula is C10H21N3O2. The second kappa shape index (κ2) is 5.44. The topological polar surface area (TPSA) is 67.6 Å². The van der Waals surface area contributed by atoms with Crippen LogP contribution in [0.5, 0.6) is 0 Å². The molecule has 1 unspecified atom stereocenters. The number of carbonyl (C=O) groups excluding carboxylic acids is 1. The Balaban J connectivity index is 2.44. The highest BCUT2D eigenvalue weighted by Gasteiger charge is 2.26. The zero-order valence-corrected chi connectivity index (χ0v) is 9.69. The van der Waals surface area contributed by atoms with E-state index in [0.29, 0.717) is 6.42 Å². The van der Waals surface area contributed by atoms with E-state index in [-0.39, 0.29) is 24.2 Å². The van der Waals surface area contributed by atoms with Crippen LogP contribution in [0.25, 0.3) is 0 Å². The van der Waals surface area contributed by atoms with E-state index in [0.717, 1.165) is 13.1 Å². The van der Waals surface area contributed by atoms with Gasteiger partial charge in [-0.2, -0.15) is 0 Å². The molecule has 3 N–H and O–H groups in total. The third-order valence-corrected chi connectivity index (χ3v) is 2.71. The van der Waals surface area contributed by atoms with E-state index in [2.05, 4.69) is 24.2 Å². The quantitative estimate of drug-likeness (QED) is 0.391. The van der Waals surface area contributed by atoms with Crippen LogP contribution in [-0.2, 0) is 9.53 Å². The van der Waals surface area contributed by atoms with Crippen molar-refractivity contribution in [2.75, 3.05) is 13.1 Å². The van der Waals surface area contributed by atoms with Crippen LogP contribution < -0.4 is 11.3 Å². The summed E-state index contributed by atoms with van der Waals surface area (Å²) in [6, 6.07) is 0.211. The van der Waals surface area contributed by atoms with Gasteiger partial charge in [0.2, 0.25) is 5.91 Å². The monoisotopic (exact) mass is 215 g/mol.